The summed E-state index contributed by atoms with van der Waals surface area (Å²) in [6.07, 6.45) is 6.71. The lowest BCUT2D eigenvalue weighted by Crippen LogP contribution is -2.02. The van der Waals surface area contributed by atoms with E-state index in [9.17, 15) is 4.79 Å². The highest BCUT2D eigenvalue weighted by Crippen LogP contribution is 2.45. The summed E-state index contributed by atoms with van der Waals surface area (Å²) in [4.78, 5) is 13.6. The number of carbonyl (C=O) groups excluding carboxylic acids is 1. The van der Waals surface area contributed by atoms with Gasteiger partial charge in [0.2, 0.25) is 0 Å². The maximum absolute atomic E-state index is 12.3. The summed E-state index contributed by atoms with van der Waals surface area (Å²) in [6, 6.07) is 17.4. The predicted molar refractivity (Wildman–Crippen MR) is 79.9 cm³/mol. The lowest BCUT2D eigenvalue weighted by atomic mass is 10.0. The van der Waals surface area contributed by atoms with E-state index < -0.39 is 10.0 Å². The van der Waals surface area contributed by atoms with Crippen molar-refractivity contribution in [1.29, 1.82) is 0 Å². The topological polar surface area (TPSA) is 17.1 Å². The molecule has 0 aliphatic rings. The Bertz CT molecular complexity index is 553. The number of carbonyl (C=O) groups is 1. The van der Waals surface area contributed by atoms with Gasteiger partial charge in [0.25, 0.3) is 0 Å². The van der Waals surface area contributed by atoms with E-state index in [1.165, 1.54) is 4.90 Å². The summed E-state index contributed by atoms with van der Waals surface area (Å²) in [5.74, 6) is 0.0982. The summed E-state index contributed by atoms with van der Waals surface area (Å²) in [6.45, 7) is 0. The van der Waals surface area contributed by atoms with Crippen molar-refractivity contribution < 1.29 is 4.79 Å². The van der Waals surface area contributed by atoms with Crippen LogP contribution < -0.4 is 0 Å². The minimum absolute atomic E-state index is 0.0982. The molecular formula is C16H18OS. The lowest BCUT2D eigenvalue weighted by molar-refractivity contribution is 0.103. The maximum Gasteiger partial charge on any atom is 0.193 e. The molecule has 2 rings (SSSR count). The molecule has 0 aliphatic carbocycles. The van der Waals surface area contributed by atoms with Crippen LogP contribution in [0.1, 0.15) is 15.9 Å². The molecule has 0 unspecified atom stereocenters. The van der Waals surface area contributed by atoms with Crippen LogP contribution in [0.2, 0.25) is 0 Å². The molecule has 0 saturated carbocycles. The Balaban J connectivity index is 2.38. The number of benzene rings is 2. The van der Waals surface area contributed by atoms with Gasteiger partial charge in [-0.25, -0.2) is 10.0 Å². The van der Waals surface area contributed by atoms with Crippen molar-refractivity contribution in [2.45, 2.75) is 4.90 Å². The van der Waals surface area contributed by atoms with Crippen LogP contribution in [0, 0.1) is 0 Å². The fourth-order valence-corrected chi connectivity index (χ4v) is 2.74. The molecule has 2 aromatic carbocycles. The van der Waals surface area contributed by atoms with Crippen LogP contribution in [0.3, 0.4) is 0 Å². The first kappa shape index (κ1) is 12.9. The largest absolute Gasteiger partial charge is 0.289 e. The van der Waals surface area contributed by atoms with Crippen LogP contribution in [-0.4, -0.2) is 24.6 Å². The van der Waals surface area contributed by atoms with Crippen LogP contribution in [-0.2, 0) is 0 Å². The van der Waals surface area contributed by atoms with E-state index in [1.807, 2.05) is 48.5 Å². The van der Waals surface area contributed by atoms with Gasteiger partial charge < -0.3 is 0 Å². The quantitative estimate of drug-likeness (QED) is 0.761. The van der Waals surface area contributed by atoms with Gasteiger partial charge in [0.05, 0.1) is 0 Å². The zero-order valence-corrected chi connectivity index (χ0v) is 11.8. The summed E-state index contributed by atoms with van der Waals surface area (Å²) in [5.41, 5.74) is 1.53. The molecule has 2 heteroatoms. The van der Waals surface area contributed by atoms with Gasteiger partial charge in [-0.3, -0.25) is 4.79 Å². The average molecular weight is 258 g/mol. The molecule has 0 fully saturated rings. The van der Waals surface area contributed by atoms with Crippen LogP contribution in [0.4, 0.5) is 0 Å². The molecule has 0 saturated heterocycles. The molecule has 0 aliphatic heterocycles. The second kappa shape index (κ2) is 4.99. The average Bonchev–Trinajstić information content (AvgIpc) is 2.38. The van der Waals surface area contributed by atoms with Gasteiger partial charge in [-0.1, -0.05) is 48.5 Å². The molecule has 0 heterocycles. The van der Waals surface area contributed by atoms with Gasteiger partial charge in [0, 0.05) is 11.1 Å². The minimum Gasteiger partial charge on any atom is -0.289 e. The Labute approximate surface area is 110 Å². The molecule has 2 aromatic rings. The number of ketones is 1. The first-order valence-corrected chi connectivity index (χ1v) is 8.72. The highest BCUT2D eigenvalue weighted by atomic mass is 32.3. The van der Waals surface area contributed by atoms with Crippen LogP contribution in [0.15, 0.2) is 59.5 Å². The van der Waals surface area contributed by atoms with Crippen LogP contribution >= 0.6 is 10.0 Å². The second-order valence-corrected chi connectivity index (χ2v) is 9.21. The van der Waals surface area contributed by atoms with E-state index in [4.69, 9.17) is 0 Å². The predicted octanol–water partition coefficient (Wildman–Crippen LogP) is 3.97. The van der Waals surface area contributed by atoms with Gasteiger partial charge in [-0.15, -0.1) is 0 Å². The Kier molecular flexibility index (Phi) is 3.58. The van der Waals surface area contributed by atoms with Crippen molar-refractivity contribution in [3.05, 3.63) is 65.7 Å². The van der Waals surface area contributed by atoms with E-state index in [-0.39, 0.29) is 5.78 Å². The highest BCUT2D eigenvalue weighted by Gasteiger charge is 2.12. The molecule has 0 spiro atoms. The normalized spacial score (nSPS) is 12.2. The first-order valence-electron chi connectivity index (χ1n) is 5.87. The minimum atomic E-state index is -0.793. The van der Waals surface area contributed by atoms with Gasteiger partial charge in [0.1, 0.15) is 0 Å². The van der Waals surface area contributed by atoms with Crippen molar-refractivity contribution in [2.24, 2.45) is 0 Å². The Morgan fingerprint density at radius 2 is 1.44 bits per heavy atom. The van der Waals surface area contributed by atoms with Crippen molar-refractivity contribution in [1.82, 2.24) is 0 Å². The van der Waals surface area contributed by atoms with Crippen LogP contribution in [0.5, 0.6) is 0 Å². The number of hydrogen-bond donors (Lipinski definition) is 0. The van der Waals surface area contributed by atoms with Gasteiger partial charge in [-0.2, -0.15) is 0 Å². The van der Waals surface area contributed by atoms with Crippen molar-refractivity contribution in [3.63, 3.8) is 0 Å². The third-order valence-electron chi connectivity index (χ3n) is 2.84. The van der Waals surface area contributed by atoms with Crippen molar-refractivity contribution in [3.8, 4) is 0 Å². The van der Waals surface area contributed by atoms with Crippen molar-refractivity contribution in [2.75, 3.05) is 18.8 Å². The molecule has 1 nitrogen and oxygen atoms in total. The van der Waals surface area contributed by atoms with Crippen molar-refractivity contribution >= 4 is 15.8 Å². The second-order valence-electron chi connectivity index (χ2n) is 5.06. The SMILES string of the molecule is CS(C)(C)c1cccc(C(=O)c2ccccc2)c1. The van der Waals surface area contributed by atoms with Gasteiger partial charge >= 0.3 is 0 Å². The molecular weight excluding hydrogens is 240 g/mol. The molecule has 94 valence electrons. The molecule has 0 amide bonds. The zero-order chi connectivity index (χ0) is 13.2. The summed E-state index contributed by atoms with van der Waals surface area (Å²) in [5, 5.41) is 0. The fourth-order valence-electron chi connectivity index (χ4n) is 1.77. The number of rotatable bonds is 3. The van der Waals surface area contributed by atoms with E-state index >= 15 is 0 Å². The molecule has 0 aromatic heterocycles. The third-order valence-corrected chi connectivity index (χ3v) is 4.51. The zero-order valence-electron chi connectivity index (χ0n) is 11.0. The first-order chi connectivity index (χ1) is 8.48. The number of hydrogen-bond acceptors (Lipinski definition) is 1. The van der Waals surface area contributed by atoms with E-state index in [2.05, 4.69) is 24.8 Å². The molecule has 0 radical (unpaired) electrons. The van der Waals surface area contributed by atoms with Gasteiger partial charge in [0.15, 0.2) is 5.78 Å². The third kappa shape index (κ3) is 2.82. The van der Waals surface area contributed by atoms with E-state index in [1.54, 1.807) is 0 Å². The smallest absolute Gasteiger partial charge is 0.193 e. The highest BCUT2D eigenvalue weighted by molar-refractivity contribution is 8.32. The summed E-state index contributed by atoms with van der Waals surface area (Å²) < 4.78 is 0. The molecule has 18 heavy (non-hydrogen) atoms. The standard InChI is InChI=1S/C16H18OS/c1-18(2,3)15-11-7-10-14(12-15)16(17)13-8-5-4-6-9-13/h4-12H,1-3H3. The van der Waals surface area contributed by atoms with E-state index in [0.717, 1.165) is 11.1 Å². The summed E-state index contributed by atoms with van der Waals surface area (Å²) >= 11 is 0. The van der Waals surface area contributed by atoms with E-state index in [0.29, 0.717) is 0 Å². The monoisotopic (exact) mass is 258 g/mol. The maximum atomic E-state index is 12.3. The molecule has 0 atom stereocenters. The Morgan fingerprint density at radius 1 is 0.833 bits per heavy atom. The van der Waals surface area contributed by atoms with Crippen LogP contribution in [0.25, 0.3) is 0 Å². The summed E-state index contributed by atoms with van der Waals surface area (Å²) in [7, 11) is -0.793. The fraction of sp³-hybridized carbons (Fsp3) is 0.188. The van der Waals surface area contributed by atoms with Gasteiger partial charge in [-0.05, 0) is 29.7 Å². The molecule has 0 bridgehead atoms. The lowest BCUT2D eigenvalue weighted by Gasteiger charge is -2.26. The Hall–Kier alpha value is -1.54. The Morgan fingerprint density at radius 3 is 2.06 bits per heavy atom. The molecule has 0 N–H and O–H groups in total.